The Bertz CT molecular complexity index is 566. The van der Waals surface area contributed by atoms with Crippen molar-refractivity contribution in [2.45, 2.75) is 17.4 Å². The summed E-state index contributed by atoms with van der Waals surface area (Å²) in [7, 11) is -2.01. The van der Waals surface area contributed by atoms with Crippen molar-refractivity contribution in [2.75, 3.05) is 20.2 Å². The van der Waals surface area contributed by atoms with Gasteiger partial charge in [0.25, 0.3) is 0 Å². The second kappa shape index (κ2) is 5.28. The molecule has 0 saturated carbocycles. The van der Waals surface area contributed by atoms with Crippen molar-refractivity contribution in [1.82, 2.24) is 4.31 Å². The maximum absolute atomic E-state index is 12.3. The van der Waals surface area contributed by atoms with Crippen LogP contribution < -0.4 is 0 Å². The van der Waals surface area contributed by atoms with E-state index in [0.717, 1.165) is 0 Å². The van der Waals surface area contributed by atoms with Crippen molar-refractivity contribution in [3.8, 4) is 0 Å². The number of methoxy groups -OCH3 is 1. The Balaban J connectivity index is 2.22. The second-order valence-corrected chi connectivity index (χ2v) is 6.28. The topological polar surface area (TPSA) is 83.9 Å². The molecule has 0 amide bonds. The Morgan fingerprint density at radius 2 is 2.00 bits per heavy atom. The molecule has 1 unspecified atom stereocenters. The Morgan fingerprint density at radius 3 is 2.47 bits per heavy atom. The predicted octanol–water partition coefficient (Wildman–Crippen LogP) is 0.794. The van der Waals surface area contributed by atoms with Crippen molar-refractivity contribution in [2.24, 2.45) is 0 Å². The standard InChI is InChI=1S/C12H15NO5S/c1-18-10-6-7-13(8-10)19(16,17)11-4-2-9(3-5-11)12(14)15/h2-5,10H,6-8H2,1H3,(H,14,15). The van der Waals surface area contributed by atoms with Crippen LogP contribution in [0.4, 0.5) is 0 Å². The van der Waals surface area contributed by atoms with E-state index < -0.39 is 16.0 Å². The molecule has 0 bridgehead atoms. The fourth-order valence-electron chi connectivity index (χ4n) is 2.03. The molecule has 1 aliphatic heterocycles. The number of hydrogen-bond donors (Lipinski definition) is 1. The molecule has 6 nitrogen and oxygen atoms in total. The van der Waals surface area contributed by atoms with Gasteiger partial charge in [-0.3, -0.25) is 0 Å². The minimum Gasteiger partial charge on any atom is -0.478 e. The number of sulfonamides is 1. The molecule has 1 atom stereocenters. The largest absolute Gasteiger partial charge is 0.478 e. The van der Waals surface area contributed by atoms with Gasteiger partial charge in [0.1, 0.15) is 0 Å². The molecule has 1 aliphatic rings. The molecular formula is C12H15NO5S. The summed E-state index contributed by atoms with van der Waals surface area (Å²) < 4.78 is 31.1. The molecule has 1 fully saturated rings. The second-order valence-electron chi connectivity index (χ2n) is 4.34. The molecule has 1 aromatic carbocycles. The van der Waals surface area contributed by atoms with Gasteiger partial charge < -0.3 is 9.84 Å². The average molecular weight is 285 g/mol. The molecule has 0 aromatic heterocycles. The SMILES string of the molecule is COC1CCN(S(=O)(=O)c2ccc(C(=O)O)cc2)C1. The first-order chi connectivity index (χ1) is 8.95. The molecule has 2 rings (SSSR count). The molecule has 7 heteroatoms. The molecule has 0 radical (unpaired) electrons. The van der Waals surface area contributed by atoms with Gasteiger partial charge in [-0.05, 0) is 30.7 Å². The Hall–Kier alpha value is -1.44. The fraction of sp³-hybridized carbons (Fsp3) is 0.417. The van der Waals surface area contributed by atoms with Crippen LogP contribution in [0.25, 0.3) is 0 Å². The molecule has 19 heavy (non-hydrogen) atoms. The zero-order chi connectivity index (χ0) is 14.0. The molecule has 0 spiro atoms. The lowest BCUT2D eigenvalue weighted by Gasteiger charge is -2.16. The highest BCUT2D eigenvalue weighted by Crippen LogP contribution is 2.22. The quantitative estimate of drug-likeness (QED) is 0.884. The number of benzene rings is 1. The third-order valence-electron chi connectivity index (χ3n) is 3.18. The van der Waals surface area contributed by atoms with Crippen LogP contribution in [-0.2, 0) is 14.8 Å². The van der Waals surface area contributed by atoms with Crippen LogP contribution in [0.1, 0.15) is 16.8 Å². The Labute approximate surface area is 111 Å². The normalized spacial score (nSPS) is 20.6. The van der Waals surface area contributed by atoms with E-state index in [4.69, 9.17) is 9.84 Å². The maximum Gasteiger partial charge on any atom is 0.335 e. The number of hydrogen-bond acceptors (Lipinski definition) is 4. The summed E-state index contributed by atoms with van der Waals surface area (Å²) in [5, 5.41) is 8.78. The van der Waals surface area contributed by atoms with E-state index >= 15 is 0 Å². The number of carboxylic acid groups (broad SMARTS) is 1. The lowest BCUT2D eigenvalue weighted by Crippen LogP contribution is -2.30. The monoisotopic (exact) mass is 285 g/mol. The van der Waals surface area contributed by atoms with Gasteiger partial charge in [0.15, 0.2) is 0 Å². The minimum absolute atomic E-state index is 0.0649. The molecule has 1 aromatic rings. The zero-order valence-electron chi connectivity index (χ0n) is 10.4. The highest BCUT2D eigenvalue weighted by Gasteiger charge is 2.32. The molecule has 0 aliphatic carbocycles. The molecule has 104 valence electrons. The lowest BCUT2D eigenvalue weighted by atomic mass is 10.2. The van der Waals surface area contributed by atoms with E-state index in [1.165, 1.54) is 28.6 Å². The van der Waals surface area contributed by atoms with Crippen LogP contribution in [0.2, 0.25) is 0 Å². The van der Waals surface area contributed by atoms with Gasteiger partial charge in [-0.2, -0.15) is 4.31 Å². The van der Waals surface area contributed by atoms with Crippen LogP contribution in [0.15, 0.2) is 29.2 Å². The van der Waals surface area contributed by atoms with E-state index in [-0.39, 0.29) is 16.6 Å². The first kappa shape index (κ1) is 14.0. The van der Waals surface area contributed by atoms with Gasteiger partial charge in [0.2, 0.25) is 10.0 Å². The highest BCUT2D eigenvalue weighted by atomic mass is 32.2. The van der Waals surface area contributed by atoms with Crippen LogP contribution in [0.5, 0.6) is 0 Å². The third kappa shape index (κ3) is 2.78. The van der Waals surface area contributed by atoms with E-state index in [1.54, 1.807) is 7.11 Å². The summed E-state index contributed by atoms with van der Waals surface area (Å²) in [6.45, 7) is 0.751. The van der Waals surface area contributed by atoms with Gasteiger partial charge in [-0.25, -0.2) is 13.2 Å². The van der Waals surface area contributed by atoms with Crippen LogP contribution in [0.3, 0.4) is 0 Å². The summed E-state index contributed by atoms with van der Waals surface area (Å²) >= 11 is 0. The number of aromatic carboxylic acids is 1. The predicted molar refractivity (Wildman–Crippen MR) is 67.6 cm³/mol. The van der Waals surface area contributed by atoms with Gasteiger partial charge in [-0.15, -0.1) is 0 Å². The van der Waals surface area contributed by atoms with E-state index in [0.29, 0.717) is 19.5 Å². The maximum atomic E-state index is 12.3. The van der Waals surface area contributed by atoms with Crippen LogP contribution in [0, 0.1) is 0 Å². The van der Waals surface area contributed by atoms with Crippen molar-refractivity contribution in [1.29, 1.82) is 0 Å². The molecule has 1 heterocycles. The van der Waals surface area contributed by atoms with Crippen molar-refractivity contribution in [3.63, 3.8) is 0 Å². The van der Waals surface area contributed by atoms with Crippen molar-refractivity contribution in [3.05, 3.63) is 29.8 Å². The first-order valence-electron chi connectivity index (χ1n) is 5.81. The number of carboxylic acids is 1. The van der Waals surface area contributed by atoms with E-state index in [1.807, 2.05) is 0 Å². The summed E-state index contributed by atoms with van der Waals surface area (Å²) in [4.78, 5) is 10.8. The number of ether oxygens (including phenoxy) is 1. The van der Waals surface area contributed by atoms with E-state index in [2.05, 4.69) is 0 Å². The average Bonchev–Trinajstić information content (AvgIpc) is 2.88. The smallest absolute Gasteiger partial charge is 0.335 e. The van der Waals surface area contributed by atoms with Gasteiger partial charge >= 0.3 is 5.97 Å². The van der Waals surface area contributed by atoms with Gasteiger partial charge in [0, 0.05) is 20.2 Å². The fourth-order valence-corrected chi connectivity index (χ4v) is 3.51. The third-order valence-corrected chi connectivity index (χ3v) is 5.06. The van der Waals surface area contributed by atoms with Gasteiger partial charge in [-0.1, -0.05) is 0 Å². The number of carbonyl (C=O) groups is 1. The lowest BCUT2D eigenvalue weighted by molar-refractivity contribution is 0.0696. The summed E-state index contributed by atoms with van der Waals surface area (Å²) in [6, 6.07) is 5.22. The van der Waals surface area contributed by atoms with Crippen molar-refractivity contribution < 1.29 is 23.1 Å². The highest BCUT2D eigenvalue weighted by molar-refractivity contribution is 7.89. The number of rotatable bonds is 4. The van der Waals surface area contributed by atoms with Gasteiger partial charge in [0.05, 0.1) is 16.6 Å². The summed E-state index contributed by atoms with van der Waals surface area (Å²) in [6.07, 6.45) is 0.594. The number of nitrogens with zero attached hydrogens (tertiary/aromatic N) is 1. The summed E-state index contributed by atoms with van der Waals surface area (Å²) in [5.74, 6) is -1.08. The first-order valence-corrected chi connectivity index (χ1v) is 7.25. The minimum atomic E-state index is -3.56. The summed E-state index contributed by atoms with van der Waals surface area (Å²) in [5.41, 5.74) is 0.0649. The zero-order valence-corrected chi connectivity index (χ0v) is 11.3. The molecular weight excluding hydrogens is 270 g/mol. The molecule has 1 saturated heterocycles. The van der Waals surface area contributed by atoms with Crippen molar-refractivity contribution >= 4 is 16.0 Å². The van der Waals surface area contributed by atoms with Crippen LogP contribution in [-0.4, -0.2) is 50.1 Å². The Morgan fingerprint density at radius 1 is 1.37 bits per heavy atom. The Kier molecular flexibility index (Phi) is 3.88. The molecule has 1 N–H and O–H groups in total. The van der Waals surface area contributed by atoms with Crippen LogP contribution >= 0.6 is 0 Å². The van der Waals surface area contributed by atoms with E-state index in [9.17, 15) is 13.2 Å².